The van der Waals surface area contributed by atoms with Crippen molar-refractivity contribution in [2.24, 2.45) is 0 Å². The standard InChI is InChI=1S/C66H119N2O6P/c1-6-8-10-12-14-16-18-20-22-24-26-28-30-31-32-33-34-35-36-37-38-40-42-44-46-48-50-52-54-56-58-60-66(70)67-64(63-74-75(71,72)73-62-61-68(3,4)5)65(69)59-57-55-53-51-49-47-45-43-41-39-29-27-25-23-21-19-17-15-13-11-9-7-2/h8,10,14,16,20,22,26,28,31-32,34-35,49,51,57,59,64-65,69H,6-7,9,11-13,15,17-19,21,23-25,27,29-30,33,36-48,50,52-56,58,60-63H2,1-5H3,(H-,67,70,71,72)/p+1/b10-8-,16-14-,22-20-,28-26-,32-31-,35-34-,51-49+,59-57+. The van der Waals surface area contributed by atoms with E-state index in [0.29, 0.717) is 17.4 Å². The number of hydrogen-bond donors (Lipinski definition) is 3. The van der Waals surface area contributed by atoms with Crippen LogP contribution in [0, 0.1) is 0 Å². The highest BCUT2D eigenvalue weighted by Crippen LogP contribution is 2.43. The van der Waals surface area contributed by atoms with Crippen molar-refractivity contribution < 1.29 is 32.9 Å². The lowest BCUT2D eigenvalue weighted by molar-refractivity contribution is -0.870. The van der Waals surface area contributed by atoms with Gasteiger partial charge in [0.1, 0.15) is 13.2 Å². The minimum absolute atomic E-state index is 0.0522. The van der Waals surface area contributed by atoms with Gasteiger partial charge in [-0.05, 0) is 83.5 Å². The summed E-state index contributed by atoms with van der Waals surface area (Å²) in [4.78, 5) is 23.4. The Morgan fingerprint density at radius 2 is 0.813 bits per heavy atom. The smallest absolute Gasteiger partial charge is 0.387 e. The second-order valence-electron chi connectivity index (χ2n) is 22.0. The average Bonchev–Trinajstić information content (AvgIpc) is 3.37. The van der Waals surface area contributed by atoms with E-state index < -0.39 is 20.0 Å². The van der Waals surface area contributed by atoms with E-state index >= 15 is 0 Å². The lowest BCUT2D eigenvalue weighted by Crippen LogP contribution is -2.45. The maximum absolute atomic E-state index is 13.0. The SMILES string of the molecule is CC/C=C\C/C=C\C/C=C\C/C=C\C/C=C\C/C=C\CCCCCCCCCCCCCCC(=O)NC(COP(=O)(O)OCC[N+](C)(C)C)C(O)/C=C/CC/C=C/CCCCCCCCCCCCCCCCCC. The number of aliphatic hydroxyl groups excluding tert-OH is 1. The molecule has 9 heteroatoms. The van der Waals surface area contributed by atoms with Crippen LogP contribution in [0.2, 0.25) is 0 Å². The number of likely N-dealkylation sites (N-methyl/N-ethyl adjacent to an activating group) is 1. The maximum atomic E-state index is 13.0. The van der Waals surface area contributed by atoms with Gasteiger partial charge in [0.05, 0.1) is 39.9 Å². The topological polar surface area (TPSA) is 105 Å². The van der Waals surface area contributed by atoms with E-state index in [1.165, 1.54) is 167 Å². The predicted molar refractivity (Wildman–Crippen MR) is 327 cm³/mol. The largest absolute Gasteiger partial charge is 0.472 e. The van der Waals surface area contributed by atoms with E-state index in [2.05, 4.69) is 104 Å². The van der Waals surface area contributed by atoms with Gasteiger partial charge in [0.2, 0.25) is 5.91 Å². The fourth-order valence-electron chi connectivity index (χ4n) is 8.71. The van der Waals surface area contributed by atoms with Crippen LogP contribution in [-0.2, 0) is 18.4 Å². The van der Waals surface area contributed by atoms with Crippen LogP contribution in [0.4, 0.5) is 0 Å². The number of amides is 1. The van der Waals surface area contributed by atoms with E-state index in [0.717, 1.165) is 77.0 Å². The van der Waals surface area contributed by atoms with Gasteiger partial charge in [0, 0.05) is 6.42 Å². The summed E-state index contributed by atoms with van der Waals surface area (Å²) in [6.07, 6.45) is 80.9. The number of unbranched alkanes of at least 4 members (excludes halogenated alkanes) is 29. The van der Waals surface area contributed by atoms with Gasteiger partial charge in [-0.3, -0.25) is 13.8 Å². The first-order valence-electron chi connectivity index (χ1n) is 31.1. The van der Waals surface area contributed by atoms with Gasteiger partial charge < -0.3 is 19.8 Å². The van der Waals surface area contributed by atoms with Crippen molar-refractivity contribution in [3.8, 4) is 0 Å². The van der Waals surface area contributed by atoms with Crippen LogP contribution in [0.3, 0.4) is 0 Å². The zero-order valence-corrected chi connectivity index (χ0v) is 50.4. The molecule has 0 aliphatic heterocycles. The number of phosphoric acid groups is 1. The molecular formula is C66H120N2O6P+. The lowest BCUT2D eigenvalue weighted by atomic mass is 10.0. The molecule has 0 aromatic carbocycles. The van der Waals surface area contributed by atoms with Gasteiger partial charge in [-0.2, -0.15) is 0 Å². The number of allylic oxidation sites excluding steroid dienone is 15. The van der Waals surface area contributed by atoms with Crippen molar-refractivity contribution in [3.63, 3.8) is 0 Å². The summed E-state index contributed by atoms with van der Waals surface area (Å²) in [6.45, 7) is 4.69. The Kier molecular flexibility index (Phi) is 54.2. The number of phosphoric ester groups is 1. The minimum atomic E-state index is -4.36. The van der Waals surface area contributed by atoms with Gasteiger partial charge in [0.25, 0.3) is 0 Å². The van der Waals surface area contributed by atoms with E-state index in [1.807, 2.05) is 27.2 Å². The monoisotopic (exact) mass is 1070 g/mol. The van der Waals surface area contributed by atoms with Crippen LogP contribution in [0.25, 0.3) is 0 Å². The van der Waals surface area contributed by atoms with E-state index in [1.54, 1.807) is 6.08 Å². The second-order valence-corrected chi connectivity index (χ2v) is 23.5. The molecule has 0 heterocycles. The first kappa shape index (κ1) is 72.4. The summed E-state index contributed by atoms with van der Waals surface area (Å²) in [5.41, 5.74) is 0. The van der Waals surface area contributed by atoms with E-state index in [4.69, 9.17) is 9.05 Å². The Morgan fingerprint density at radius 3 is 1.23 bits per heavy atom. The summed E-state index contributed by atoms with van der Waals surface area (Å²) < 4.78 is 23.7. The Hall–Kier alpha value is -2.58. The van der Waals surface area contributed by atoms with Gasteiger partial charge in [-0.1, -0.05) is 272 Å². The highest BCUT2D eigenvalue weighted by molar-refractivity contribution is 7.47. The van der Waals surface area contributed by atoms with Gasteiger partial charge in [0.15, 0.2) is 0 Å². The summed E-state index contributed by atoms with van der Waals surface area (Å²) in [6, 6.07) is -0.871. The Morgan fingerprint density at radius 1 is 0.467 bits per heavy atom. The third-order valence-electron chi connectivity index (χ3n) is 13.5. The third kappa shape index (κ3) is 58.9. The number of aliphatic hydroxyl groups is 1. The molecular weight excluding hydrogens is 948 g/mol. The summed E-state index contributed by atoms with van der Waals surface area (Å²) in [5.74, 6) is -0.191. The van der Waals surface area contributed by atoms with Crippen LogP contribution in [0.15, 0.2) is 97.2 Å². The summed E-state index contributed by atoms with van der Waals surface area (Å²) in [7, 11) is 1.55. The molecule has 0 aliphatic carbocycles. The third-order valence-corrected chi connectivity index (χ3v) is 14.5. The maximum Gasteiger partial charge on any atom is 0.472 e. The highest BCUT2D eigenvalue weighted by Gasteiger charge is 2.27. The molecule has 0 fully saturated rings. The molecule has 0 rings (SSSR count). The number of nitrogens with one attached hydrogen (secondary N) is 1. The normalized spacial score (nSPS) is 14.5. The molecule has 0 aromatic heterocycles. The van der Waals surface area contributed by atoms with Crippen molar-refractivity contribution in [3.05, 3.63) is 97.2 Å². The Labute approximate surface area is 464 Å². The van der Waals surface area contributed by atoms with Crippen LogP contribution in [0.1, 0.15) is 264 Å². The Bertz CT molecular complexity index is 1540. The number of rotatable bonds is 56. The van der Waals surface area contributed by atoms with Crippen LogP contribution in [-0.4, -0.2) is 73.4 Å². The zero-order valence-electron chi connectivity index (χ0n) is 49.5. The second kappa shape index (κ2) is 56.2. The molecule has 0 radical (unpaired) electrons. The quantitative estimate of drug-likeness (QED) is 0.0243. The van der Waals surface area contributed by atoms with Gasteiger partial charge >= 0.3 is 7.82 Å². The van der Waals surface area contributed by atoms with Crippen LogP contribution in [0.5, 0.6) is 0 Å². The van der Waals surface area contributed by atoms with Crippen molar-refractivity contribution in [1.29, 1.82) is 0 Å². The van der Waals surface area contributed by atoms with Crippen LogP contribution >= 0.6 is 7.82 Å². The molecule has 0 spiro atoms. The van der Waals surface area contributed by atoms with E-state index in [9.17, 15) is 19.4 Å². The average molecular weight is 1070 g/mol. The molecule has 8 nitrogen and oxygen atoms in total. The first-order valence-corrected chi connectivity index (χ1v) is 32.6. The number of nitrogens with zero attached hydrogens (tertiary/aromatic N) is 1. The Balaban J connectivity index is 4.20. The fourth-order valence-corrected chi connectivity index (χ4v) is 9.45. The molecule has 0 aliphatic rings. The number of carbonyl (C=O) groups excluding carboxylic acids is 1. The molecule has 0 bridgehead atoms. The first-order chi connectivity index (χ1) is 36.5. The van der Waals surface area contributed by atoms with Crippen molar-refractivity contribution in [2.75, 3.05) is 40.9 Å². The highest BCUT2D eigenvalue weighted by atomic mass is 31.2. The van der Waals surface area contributed by atoms with Gasteiger partial charge in [-0.15, -0.1) is 0 Å². The molecule has 3 N–H and O–H groups in total. The molecule has 1 amide bonds. The van der Waals surface area contributed by atoms with E-state index in [-0.39, 0.29) is 19.1 Å². The number of carbonyl (C=O) groups is 1. The van der Waals surface area contributed by atoms with Crippen LogP contribution < -0.4 is 5.32 Å². The van der Waals surface area contributed by atoms with Crippen molar-refractivity contribution in [2.45, 2.75) is 276 Å². The zero-order chi connectivity index (χ0) is 54.9. The van der Waals surface area contributed by atoms with Crippen molar-refractivity contribution >= 4 is 13.7 Å². The lowest BCUT2D eigenvalue weighted by Gasteiger charge is -2.25. The summed E-state index contributed by atoms with van der Waals surface area (Å²) >= 11 is 0. The van der Waals surface area contributed by atoms with Gasteiger partial charge in [-0.25, -0.2) is 4.57 Å². The minimum Gasteiger partial charge on any atom is -0.387 e. The predicted octanol–water partition coefficient (Wildman–Crippen LogP) is 19.4. The molecule has 0 aromatic rings. The molecule has 3 atom stereocenters. The molecule has 434 valence electrons. The molecule has 3 unspecified atom stereocenters. The van der Waals surface area contributed by atoms with Crippen molar-refractivity contribution in [1.82, 2.24) is 5.32 Å². The summed E-state index contributed by atoms with van der Waals surface area (Å²) in [5, 5.41) is 13.9. The fraction of sp³-hybridized carbons (Fsp3) is 0.742. The molecule has 0 saturated heterocycles. The number of hydrogen-bond acceptors (Lipinski definition) is 5. The molecule has 0 saturated carbocycles. The number of quaternary nitrogens is 1. The molecule has 75 heavy (non-hydrogen) atoms.